The van der Waals surface area contributed by atoms with E-state index in [1.54, 1.807) is 6.20 Å². The zero-order valence-corrected chi connectivity index (χ0v) is 14.1. The molecule has 0 aliphatic heterocycles. The summed E-state index contributed by atoms with van der Waals surface area (Å²) in [4.78, 5) is 12.1. The van der Waals surface area contributed by atoms with Gasteiger partial charge < -0.3 is 10.1 Å². The van der Waals surface area contributed by atoms with Crippen LogP contribution in [0, 0.1) is 6.92 Å². The smallest absolute Gasteiger partial charge is 0.262 e. The molecule has 0 saturated carbocycles. The first-order chi connectivity index (χ1) is 11.5. The number of hydrogen-bond donors (Lipinski definition) is 2. The van der Waals surface area contributed by atoms with E-state index in [2.05, 4.69) is 42.4 Å². The SMILES string of the molecule is Cc1cc(OCC(=O)Nc2ccc3cn[nH]c3c2)ccc1C(C)C. The highest BCUT2D eigenvalue weighted by Gasteiger charge is 2.08. The predicted molar refractivity (Wildman–Crippen MR) is 95.5 cm³/mol. The first-order valence-corrected chi connectivity index (χ1v) is 7.99. The Kier molecular flexibility index (Phi) is 4.51. The molecule has 5 nitrogen and oxygen atoms in total. The van der Waals surface area contributed by atoms with Gasteiger partial charge in [0.25, 0.3) is 5.91 Å². The minimum absolute atomic E-state index is 0.0263. The Morgan fingerprint density at radius 3 is 2.83 bits per heavy atom. The summed E-state index contributed by atoms with van der Waals surface area (Å²) in [6.07, 6.45) is 1.74. The van der Waals surface area contributed by atoms with Crippen molar-refractivity contribution >= 4 is 22.5 Å². The fourth-order valence-electron chi connectivity index (χ4n) is 2.75. The molecule has 1 amide bonds. The van der Waals surface area contributed by atoms with Gasteiger partial charge in [0.05, 0.1) is 11.7 Å². The van der Waals surface area contributed by atoms with Crippen molar-refractivity contribution in [2.75, 3.05) is 11.9 Å². The molecule has 2 aromatic carbocycles. The molecule has 24 heavy (non-hydrogen) atoms. The third-order valence-corrected chi connectivity index (χ3v) is 3.96. The number of benzene rings is 2. The van der Waals surface area contributed by atoms with Gasteiger partial charge in [0, 0.05) is 11.1 Å². The molecule has 0 unspecified atom stereocenters. The van der Waals surface area contributed by atoms with E-state index in [-0.39, 0.29) is 12.5 Å². The first kappa shape index (κ1) is 16.1. The van der Waals surface area contributed by atoms with E-state index in [1.807, 2.05) is 30.3 Å². The van der Waals surface area contributed by atoms with Crippen molar-refractivity contribution in [2.45, 2.75) is 26.7 Å². The van der Waals surface area contributed by atoms with E-state index in [0.717, 1.165) is 10.9 Å². The standard InChI is InChI=1S/C19H21N3O2/c1-12(2)17-7-6-16(8-13(17)3)24-11-19(23)21-15-5-4-14-10-20-22-18(14)9-15/h4-10,12H,11H2,1-3H3,(H,20,22)(H,21,23). The average molecular weight is 323 g/mol. The van der Waals surface area contributed by atoms with Crippen molar-refractivity contribution in [1.82, 2.24) is 10.2 Å². The van der Waals surface area contributed by atoms with Gasteiger partial charge in [-0.15, -0.1) is 0 Å². The van der Waals surface area contributed by atoms with Crippen LogP contribution in [0.1, 0.15) is 30.9 Å². The lowest BCUT2D eigenvalue weighted by Gasteiger charge is -2.12. The second-order valence-corrected chi connectivity index (χ2v) is 6.18. The maximum absolute atomic E-state index is 12.1. The van der Waals surface area contributed by atoms with Crippen molar-refractivity contribution in [3.8, 4) is 5.75 Å². The fourth-order valence-corrected chi connectivity index (χ4v) is 2.75. The highest BCUT2D eigenvalue weighted by atomic mass is 16.5. The molecule has 0 aliphatic carbocycles. The molecule has 5 heteroatoms. The number of H-pyrrole nitrogens is 1. The fraction of sp³-hybridized carbons (Fsp3) is 0.263. The molecule has 0 radical (unpaired) electrons. The van der Waals surface area contributed by atoms with Crippen molar-refractivity contribution in [1.29, 1.82) is 0 Å². The van der Waals surface area contributed by atoms with E-state index in [1.165, 1.54) is 11.1 Å². The molecular weight excluding hydrogens is 302 g/mol. The second kappa shape index (κ2) is 6.74. The molecule has 124 valence electrons. The number of carbonyl (C=O) groups excluding carboxylic acids is 1. The number of rotatable bonds is 5. The lowest BCUT2D eigenvalue weighted by atomic mass is 9.98. The number of aromatic nitrogens is 2. The number of aromatic amines is 1. The number of fused-ring (bicyclic) bond motifs is 1. The largest absolute Gasteiger partial charge is 0.484 e. The Labute approximate surface area is 141 Å². The minimum atomic E-state index is -0.195. The summed E-state index contributed by atoms with van der Waals surface area (Å²) in [5, 5.41) is 10.7. The molecule has 1 heterocycles. The van der Waals surface area contributed by atoms with Crippen LogP contribution in [0.25, 0.3) is 10.9 Å². The maximum atomic E-state index is 12.1. The third kappa shape index (κ3) is 3.56. The number of ether oxygens (including phenoxy) is 1. The Morgan fingerprint density at radius 2 is 2.08 bits per heavy atom. The predicted octanol–water partition coefficient (Wildman–Crippen LogP) is 4.01. The number of aryl methyl sites for hydroxylation is 1. The van der Waals surface area contributed by atoms with Crippen LogP contribution in [0.4, 0.5) is 5.69 Å². The van der Waals surface area contributed by atoms with Crippen LogP contribution < -0.4 is 10.1 Å². The van der Waals surface area contributed by atoms with Crippen LogP contribution in [0.5, 0.6) is 5.75 Å². The maximum Gasteiger partial charge on any atom is 0.262 e. The van der Waals surface area contributed by atoms with Crippen molar-refractivity contribution in [2.24, 2.45) is 0 Å². The monoisotopic (exact) mass is 323 g/mol. The van der Waals surface area contributed by atoms with Crippen LogP contribution in [0.3, 0.4) is 0 Å². The minimum Gasteiger partial charge on any atom is -0.484 e. The van der Waals surface area contributed by atoms with E-state index in [9.17, 15) is 4.79 Å². The highest BCUT2D eigenvalue weighted by molar-refractivity contribution is 5.94. The average Bonchev–Trinajstić information content (AvgIpc) is 3.00. The topological polar surface area (TPSA) is 67.0 Å². The number of hydrogen-bond acceptors (Lipinski definition) is 3. The molecule has 0 spiro atoms. The molecule has 0 aliphatic rings. The van der Waals surface area contributed by atoms with E-state index in [4.69, 9.17) is 4.74 Å². The molecule has 3 rings (SSSR count). The number of nitrogens with one attached hydrogen (secondary N) is 2. The van der Waals surface area contributed by atoms with Gasteiger partial charge in [-0.2, -0.15) is 5.10 Å². The summed E-state index contributed by atoms with van der Waals surface area (Å²) in [5.74, 6) is 0.982. The second-order valence-electron chi connectivity index (χ2n) is 6.18. The van der Waals surface area contributed by atoms with Crippen molar-refractivity contribution in [3.63, 3.8) is 0 Å². The Bertz CT molecular complexity index is 868. The zero-order valence-electron chi connectivity index (χ0n) is 14.1. The van der Waals surface area contributed by atoms with E-state index >= 15 is 0 Å². The Balaban J connectivity index is 1.60. The summed E-state index contributed by atoms with van der Waals surface area (Å²) in [7, 11) is 0. The molecule has 1 aromatic heterocycles. The first-order valence-electron chi connectivity index (χ1n) is 7.99. The quantitative estimate of drug-likeness (QED) is 0.745. The van der Waals surface area contributed by atoms with Crippen LogP contribution in [-0.4, -0.2) is 22.7 Å². The number of anilines is 1. The van der Waals surface area contributed by atoms with E-state index < -0.39 is 0 Å². The molecule has 2 N–H and O–H groups in total. The zero-order chi connectivity index (χ0) is 17.1. The summed E-state index contributed by atoms with van der Waals surface area (Å²) >= 11 is 0. The van der Waals surface area contributed by atoms with Crippen molar-refractivity contribution in [3.05, 3.63) is 53.7 Å². The van der Waals surface area contributed by atoms with Gasteiger partial charge >= 0.3 is 0 Å². The lowest BCUT2D eigenvalue weighted by molar-refractivity contribution is -0.118. The molecule has 0 saturated heterocycles. The van der Waals surface area contributed by atoms with Gasteiger partial charge in [0.1, 0.15) is 5.75 Å². The molecule has 0 atom stereocenters. The normalized spacial score (nSPS) is 11.0. The van der Waals surface area contributed by atoms with Crippen LogP contribution in [0.15, 0.2) is 42.6 Å². The summed E-state index contributed by atoms with van der Waals surface area (Å²) in [6.45, 7) is 6.35. The van der Waals surface area contributed by atoms with Crippen LogP contribution in [0.2, 0.25) is 0 Å². The van der Waals surface area contributed by atoms with Gasteiger partial charge in [0.15, 0.2) is 6.61 Å². The summed E-state index contributed by atoms with van der Waals surface area (Å²) in [5.41, 5.74) is 4.06. The van der Waals surface area contributed by atoms with Gasteiger partial charge in [-0.3, -0.25) is 9.89 Å². The Morgan fingerprint density at radius 1 is 1.25 bits per heavy atom. The molecular formula is C19H21N3O2. The highest BCUT2D eigenvalue weighted by Crippen LogP contribution is 2.23. The molecule has 0 bridgehead atoms. The number of amides is 1. The van der Waals surface area contributed by atoms with E-state index in [0.29, 0.717) is 17.4 Å². The summed E-state index contributed by atoms with van der Waals surface area (Å²) in [6, 6.07) is 11.5. The Hall–Kier alpha value is -2.82. The van der Waals surface area contributed by atoms with Crippen LogP contribution in [-0.2, 0) is 4.79 Å². The van der Waals surface area contributed by atoms with Gasteiger partial charge in [-0.05, 0) is 54.3 Å². The van der Waals surface area contributed by atoms with Gasteiger partial charge in [-0.25, -0.2) is 0 Å². The molecule has 3 aromatic rings. The molecule has 0 fully saturated rings. The number of nitrogens with zero attached hydrogens (tertiary/aromatic N) is 1. The summed E-state index contributed by atoms with van der Waals surface area (Å²) < 4.78 is 5.60. The lowest BCUT2D eigenvalue weighted by Crippen LogP contribution is -2.20. The van der Waals surface area contributed by atoms with Gasteiger partial charge in [0.2, 0.25) is 0 Å². The van der Waals surface area contributed by atoms with Crippen LogP contribution >= 0.6 is 0 Å². The van der Waals surface area contributed by atoms with Crippen molar-refractivity contribution < 1.29 is 9.53 Å². The third-order valence-electron chi connectivity index (χ3n) is 3.96. The number of carbonyl (C=O) groups is 1. The van der Waals surface area contributed by atoms with Gasteiger partial charge in [-0.1, -0.05) is 19.9 Å².